The van der Waals surface area contributed by atoms with E-state index in [1.54, 1.807) is 35.0 Å². The smallest absolute Gasteiger partial charge is 0.259 e. The van der Waals surface area contributed by atoms with Gasteiger partial charge in [-0.1, -0.05) is 24.3 Å². The summed E-state index contributed by atoms with van der Waals surface area (Å²) in [5.41, 5.74) is 8.20. The summed E-state index contributed by atoms with van der Waals surface area (Å²) < 4.78 is 7.35. The number of carbonyl (C=O) groups excluding carboxylic acids is 2. The Balaban J connectivity index is 1.45. The molecule has 2 amide bonds. The summed E-state index contributed by atoms with van der Waals surface area (Å²) in [6, 6.07) is 19.4. The van der Waals surface area contributed by atoms with E-state index in [0.717, 1.165) is 11.4 Å². The van der Waals surface area contributed by atoms with Crippen LogP contribution in [-0.4, -0.2) is 26.6 Å². The van der Waals surface area contributed by atoms with Crippen LogP contribution in [0.1, 0.15) is 26.4 Å². The van der Waals surface area contributed by atoms with Crippen LogP contribution in [0.15, 0.2) is 79.1 Å². The van der Waals surface area contributed by atoms with Gasteiger partial charge in [-0.2, -0.15) is 5.10 Å². The van der Waals surface area contributed by atoms with Crippen LogP contribution in [0.2, 0.25) is 0 Å². The van der Waals surface area contributed by atoms with E-state index in [4.69, 9.17) is 10.5 Å². The fourth-order valence-corrected chi connectivity index (χ4v) is 3.01. The van der Waals surface area contributed by atoms with Crippen LogP contribution in [0.5, 0.6) is 11.6 Å². The van der Waals surface area contributed by atoms with E-state index in [2.05, 4.69) is 15.4 Å². The second kappa shape index (κ2) is 8.50. The van der Waals surface area contributed by atoms with E-state index in [0.29, 0.717) is 28.4 Å². The molecule has 0 unspecified atom stereocenters. The summed E-state index contributed by atoms with van der Waals surface area (Å²) in [5, 5.41) is 7.12. The van der Waals surface area contributed by atoms with Crippen molar-refractivity contribution in [3.8, 4) is 17.3 Å². The van der Waals surface area contributed by atoms with E-state index < -0.39 is 5.91 Å². The van der Waals surface area contributed by atoms with Gasteiger partial charge in [0.2, 0.25) is 11.8 Å². The number of nitrogens with one attached hydrogen (secondary N) is 1. The van der Waals surface area contributed by atoms with Crippen LogP contribution in [0.25, 0.3) is 5.69 Å². The highest BCUT2D eigenvalue weighted by Gasteiger charge is 2.15. The fraction of sp³-hybridized carbons (Fsp3) is 0.0435. The van der Waals surface area contributed by atoms with Crippen molar-refractivity contribution in [1.82, 2.24) is 14.8 Å². The molecule has 31 heavy (non-hydrogen) atoms. The molecule has 8 heteroatoms. The Morgan fingerprint density at radius 3 is 2.52 bits per heavy atom. The van der Waals surface area contributed by atoms with Crippen LogP contribution in [0.4, 0.5) is 5.69 Å². The van der Waals surface area contributed by atoms with Crippen molar-refractivity contribution in [2.45, 2.75) is 6.92 Å². The third kappa shape index (κ3) is 4.43. The van der Waals surface area contributed by atoms with Gasteiger partial charge in [0.15, 0.2) is 0 Å². The number of hydrogen-bond acceptors (Lipinski definition) is 5. The van der Waals surface area contributed by atoms with Crippen LogP contribution in [0.3, 0.4) is 0 Å². The summed E-state index contributed by atoms with van der Waals surface area (Å²) >= 11 is 0. The maximum absolute atomic E-state index is 12.7. The molecular formula is C23H19N5O3. The number of aromatic nitrogens is 3. The lowest BCUT2D eigenvalue weighted by Gasteiger charge is -2.08. The lowest BCUT2D eigenvalue weighted by Crippen LogP contribution is -2.13. The molecule has 0 aliphatic rings. The Kier molecular flexibility index (Phi) is 5.44. The average Bonchev–Trinajstić information content (AvgIpc) is 3.17. The highest BCUT2D eigenvalue weighted by molar-refractivity contribution is 6.04. The monoisotopic (exact) mass is 413 g/mol. The number of primary amides is 1. The van der Waals surface area contributed by atoms with Crippen molar-refractivity contribution in [1.29, 1.82) is 0 Å². The van der Waals surface area contributed by atoms with Gasteiger partial charge in [0.05, 0.1) is 35.0 Å². The molecule has 0 atom stereocenters. The molecule has 2 aromatic heterocycles. The number of anilines is 1. The lowest BCUT2D eigenvalue weighted by molar-refractivity contribution is 0.0997. The first-order valence-corrected chi connectivity index (χ1v) is 9.46. The quantitative estimate of drug-likeness (QED) is 0.500. The molecule has 0 bridgehead atoms. The summed E-state index contributed by atoms with van der Waals surface area (Å²) in [6.45, 7) is 1.84. The van der Waals surface area contributed by atoms with Gasteiger partial charge in [-0.05, 0) is 43.3 Å². The second-order valence-electron chi connectivity index (χ2n) is 6.72. The molecule has 0 aliphatic heterocycles. The van der Waals surface area contributed by atoms with E-state index in [-0.39, 0.29) is 5.91 Å². The SMILES string of the molecule is Cc1c(C(=O)Nc2ccc(Oc3cccc(C(N)=O)c3)nc2)cnn1-c1ccccc1. The van der Waals surface area contributed by atoms with Crippen LogP contribution < -0.4 is 15.8 Å². The van der Waals surface area contributed by atoms with Gasteiger partial charge in [0.1, 0.15) is 5.75 Å². The zero-order valence-corrected chi connectivity index (χ0v) is 16.6. The number of nitrogens with zero attached hydrogens (tertiary/aromatic N) is 3. The zero-order chi connectivity index (χ0) is 21.8. The van der Waals surface area contributed by atoms with Crippen molar-refractivity contribution in [2.75, 3.05) is 5.32 Å². The van der Waals surface area contributed by atoms with Gasteiger partial charge in [-0.25, -0.2) is 9.67 Å². The molecule has 0 aliphatic carbocycles. The van der Waals surface area contributed by atoms with Gasteiger partial charge in [-0.3, -0.25) is 9.59 Å². The number of para-hydroxylation sites is 1. The van der Waals surface area contributed by atoms with Crippen LogP contribution >= 0.6 is 0 Å². The van der Waals surface area contributed by atoms with Gasteiger partial charge < -0.3 is 15.8 Å². The molecule has 154 valence electrons. The molecule has 2 aromatic carbocycles. The zero-order valence-electron chi connectivity index (χ0n) is 16.6. The van der Waals surface area contributed by atoms with Crippen molar-refractivity contribution < 1.29 is 14.3 Å². The Bertz CT molecular complexity index is 1230. The molecular weight excluding hydrogens is 394 g/mol. The highest BCUT2D eigenvalue weighted by atomic mass is 16.5. The lowest BCUT2D eigenvalue weighted by atomic mass is 10.2. The standard InChI is InChI=1S/C23H19N5O3/c1-15-20(14-26-28(15)18-7-3-2-4-8-18)23(30)27-17-10-11-21(25-13-17)31-19-9-5-6-16(12-19)22(24)29/h2-14H,1H3,(H2,24,29)(H,27,30). The topological polar surface area (TPSA) is 112 Å². The Labute approximate surface area is 178 Å². The van der Waals surface area contributed by atoms with E-state index >= 15 is 0 Å². The minimum Gasteiger partial charge on any atom is -0.439 e. The predicted molar refractivity (Wildman–Crippen MR) is 116 cm³/mol. The number of ether oxygens (including phenoxy) is 1. The molecule has 2 heterocycles. The summed E-state index contributed by atoms with van der Waals surface area (Å²) in [4.78, 5) is 28.2. The molecule has 0 saturated carbocycles. The first-order chi connectivity index (χ1) is 15.0. The minimum atomic E-state index is -0.539. The molecule has 4 aromatic rings. The van der Waals surface area contributed by atoms with E-state index in [1.807, 2.05) is 37.3 Å². The number of pyridine rings is 1. The number of amides is 2. The first kappa shape index (κ1) is 19.8. The molecule has 0 saturated heterocycles. The normalized spacial score (nSPS) is 10.5. The Morgan fingerprint density at radius 2 is 1.81 bits per heavy atom. The van der Waals surface area contributed by atoms with Crippen molar-refractivity contribution in [3.05, 3.63) is 95.9 Å². The highest BCUT2D eigenvalue weighted by Crippen LogP contribution is 2.22. The maximum Gasteiger partial charge on any atom is 0.259 e. The summed E-state index contributed by atoms with van der Waals surface area (Å²) in [5.74, 6) is -0.0797. The van der Waals surface area contributed by atoms with Crippen LogP contribution in [0, 0.1) is 6.92 Å². The van der Waals surface area contributed by atoms with Gasteiger partial charge >= 0.3 is 0 Å². The van der Waals surface area contributed by atoms with Gasteiger partial charge in [0.25, 0.3) is 5.91 Å². The number of carbonyl (C=O) groups is 2. The number of hydrogen-bond donors (Lipinski definition) is 2. The van der Waals surface area contributed by atoms with Gasteiger partial charge in [-0.15, -0.1) is 0 Å². The molecule has 0 fully saturated rings. The Hall–Kier alpha value is -4.46. The fourth-order valence-electron chi connectivity index (χ4n) is 3.01. The average molecular weight is 413 g/mol. The molecule has 4 rings (SSSR count). The largest absolute Gasteiger partial charge is 0.439 e. The second-order valence-corrected chi connectivity index (χ2v) is 6.72. The van der Waals surface area contributed by atoms with E-state index in [1.165, 1.54) is 18.5 Å². The summed E-state index contributed by atoms with van der Waals surface area (Å²) in [7, 11) is 0. The molecule has 0 radical (unpaired) electrons. The number of benzene rings is 2. The number of rotatable bonds is 6. The molecule has 3 N–H and O–H groups in total. The van der Waals surface area contributed by atoms with Crippen LogP contribution in [-0.2, 0) is 0 Å². The third-order valence-corrected chi connectivity index (χ3v) is 4.59. The van der Waals surface area contributed by atoms with Gasteiger partial charge in [0, 0.05) is 11.6 Å². The minimum absolute atomic E-state index is 0.288. The third-order valence-electron chi connectivity index (χ3n) is 4.59. The maximum atomic E-state index is 12.7. The first-order valence-electron chi connectivity index (χ1n) is 9.46. The molecule has 0 spiro atoms. The number of nitrogens with two attached hydrogens (primary N) is 1. The van der Waals surface area contributed by atoms with E-state index in [9.17, 15) is 9.59 Å². The van der Waals surface area contributed by atoms with Crippen molar-refractivity contribution in [3.63, 3.8) is 0 Å². The Morgan fingerprint density at radius 1 is 1.00 bits per heavy atom. The van der Waals surface area contributed by atoms with Crippen molar-refractivity contribution >= 4 is 17.5 Å². The molecule has 8 nitrogen and oxygen atoms in total. The summed E-state index contributed by atoms with van der Waals surface area (Å²) in [6.07, 6.45) is 3.02. The van der Waals surface area contributed by atoms with Crippen molar-refractivity contribution in [2.24, 2.45) is 5.73 Å². The predicted octanol–water partition coefficient (Wildman–Crippen LogP) is 3.72.